The first-order valence-corrected chi connectivity index (χ1v) is 10.0. The summed E-state index contributed by atoms with van der Waals surface area (Å²) in [6.45, 7) is 0. The molecule has 9 heteroatoms. The fourth-order valence-electron chi connectivity index (χ4n) is 3.62. The van der Waals surface area contributed by atoms with Crippen LogP contribution in [0.15, 0.2) is 12.1 Å². The molecule has 3 rings (SSSR count). The molecule has 1 amide bonds. The maximum absolute atomic E-state index is 12.7. The van der Waals surface area contributed by atoms with Crippen molar-refractivity contribution in [3.63, 3.8) is 0 Å². The minimum absolute atomic E-state index is 0.0350. The maximum atomic E-state index is 12.7. The number of nitrogens with one attached hydrogen (secondary N) is 1. The lowest BCUT2D eigenvalue weighted by Gasteiger charge is -2.22. The molecular weight excluding hydrogens is 362 g/mol. The lowest BCUT2D eigenvalue weighted by molar-refractivity contribution is -0.118. The van der Waals surface area contributed by atoms with Crippen molar-refractivity contribution in [2.75, 3.05) is 31.0 Å². The Morgan fingerprint density at radius 1 is 1.19 bits per heavy atom. The highest BCUT2D eigenvalue weighted by molar-refractivity contribution is 7.91. The van der Waals surface area contributed by atoms with Crippen LogP contribution in [0, 0.1) is 11.3 Å². The number of carbonyl (C=O) groups is 2. The summed E-state index contributed by atoms with van der Waals surface area (Å²) in [4.78, 5) is 23.9. The van der Waals surface area contributed by atoms with E-state index in [4.69, 9.17) is 9.47 Å². The summed E-state index contributed by atoms with van der Waals surface area (Å²) in [5.74, 6) is -1.01. The van der Waals surface area contributed by atoms with Crippen molar-refractivity contribution in [1.82, 2.24) is 0 Å². The van der Waals surface area contributed by atoms with E-state index in [0.29, 0.717) is 19.3 Å². The number of rotatable bonds is 5. The molecular formula is C17H21NO7S. The normalized spacial score (nSPS) is 22.5. The van der Waals surface area contributed by atoms with Crippen LogP contribution >= 0.6 is 0 Å². The fourth-order valence-corrected chi connectivity index (χ4v) is 5.26. The van der Waals surface area contributed by atoms with Crippen LogP contribution in [0.4, 0.5) is 5.69 Å². The Morgan fingerprint density at radius 2 is 1.85 bits per heavy atom. The lowest BCUT2D eigenvalue weighted by Crippen LogP contribution is -2.28. The number of sulfone groups is 1. The number of benzene rings is 1. The van der Waals surface area contributed by atoms with Gasteiger partial charge in [-0.1, -0.05) is 0 Å². The number of methoxy groups -OCH3 is 2. The number of ether oxygens (including phenoxy) is 2. The number of carboxylic acids is 1. The molecule has 26 heavy (non-hydrogen) atoms. The van der Waals surface area contributed by atoms with Crippen molar-refractivity contribution >= 4 is 27.4 Å². The Kier molecular flexibility index (Phi) is 4.60. The molecule has 1 aliphatic heterocycles. The molecule has 8 nitrogen and oxygen atoms in total. The lowest BCUT2D eigenvalue weighted by atomic mass is 9.96. The van der Waals surface area contributed by atoms with E-state index >= 15 is 0 Å². The van der Waals surface area contributed by atoms with E-state index in [1.54, 1.807) is 0 Å². The first kappa shape index (κ1) is 18.5. The Labute approximate surface area is 151 Å². The van der Waals surface area contributed by atoms with Crippen LogP contribution in [0.25, 0.3) is 0 Å². The minimum Gasteiger partial charge on any atom is -0.493 e. The number of hydrogen-bond acceptors (Lipinski definition) is 6. The van der Waals surface area contributed by atoms with Crippen LogP contribution < -0.4 is 14.8 Å². The van der Waals surface area contributed by atoms with Gasteiger partial charge in [-0.3, -0.25) is 4.79 Å². The molecule has 2 N–H and O–H groups in total. The van der Waals surface area contributed by atoms with E-state index in [1.807, 2.05) is 0 Å². The number of amides is 1. The second-order valence-corrected chi connectivity index (χ2v) is 9.13. The average molecular weight is 383 g/mol. The number of hydrogen-bond donors (Lipinski definition) is 2. The van der Waals surface area contributed by atoms with Gasteiger partial charge in [0.1, 0.15) is 9.84 Å². The first-order chi connectivity index (χ1) is 12.2. The molecule has 1 unspecified atom stereocenters. The highest BCUT2D eigenvalue weighted by Gasteiger charge is 2.59. The van der Waals surface area contributed by atoms with E-state index < -0.39 is 15.8 Å². The van der Waals surface area contributed by atoms with Gasteiger partial charge in [-0.15, -0.1) is 0 Å². The zero-order valence-electron chi connectivity index (χ0n) is 14.6. The number of carbonyl (C=O) groups excluding carboxylic acids is 1. The molecule has 2 aliphatic rings. The molecule has 142 valence electrons. The second-order valence-electron chi connectivity index (χ2n) is 6.82. The van der Waals surface area contributed by atoms with Gasteiger partial charge >= 0.3 is 5.97 Å². The molecule has 2 fully saturated rings. The summed E-state index contributed by atoms with van der Waals surface area (Å²) in [5.41, 5.74) is -0.0659. The Hall–Kier alpha value is -2.29. The van der Waals surface area contributed by atoms with Crippen molar-refractivity contribution in [2.24, 2.45) is 11.3 Å². The van der Waals surface area contributed by atoms with Gasteiger partial charge in [0.25, 0.3) is 0 Å². The monoisotopic (exact) mass is 383 g/mol. The number of anilines is 1. The summed E-state index contributed by atoms with van der Waals surface area (Å²) in [7, 11) is -0.206. The predicted octanol–water partition coefficient (Wildman–Crippen LogP) is 1.56. The molecule has 1 saturated carbocycles. The molecule has 0 radical (unpaired) electrons. The summed E-state index contributed by atoms with van der Waals surface area (Å²) in [5, 5.41) is 12.0. The zero-order valence-corrected chi connectivity index (χ0v) is 15.4. The Morgan fingerprint density at radius 3 is 2.38 bits per heavy atom. The van der Waals surface area contributed by atoms with Crippen molar-refractivity contribution in [2.45, 2.75) is 19.3 Å². The summed E-state index contributed by atoms with van der Waals surface area (Å²) in [6.07, 6.45) is 1.62. The van der Waals surface area contributed by atoms with Gasteiger partial charge in [0, 0.05) is 5.92 Å². The van der Waals surface area contributed by atoms with Gasteiger partial charge in [-0.2, -0.15) is 0 Å². The molecule has 1 heterocycles. The third kappa shape index (κ3) is 3.35. The molecule has 0 bridgehead atoms. The second kappa shape index (κ2) is 6.46. The largest absolute Gasteiger partial charge is 0.493 e. The summed E-state index contributed by atoms with van der Waals surface area (Å²) >= 11 is 0. The van der Waals surface area contributed by atoms with E-state index in [9.17, 15) is 23.1 Å². The van der Waals surface area contributed by atoms with Gasteiger partial charge < -0.3 is 19.9 Å². The molecule has 1 aliphatic carbocycles. The van der Waals surface area contributed by atoms with Crippen LogP contribution in [-0.4, -0.2) is 51.1 Å². The van der Waals surface area contributed by atoms with E-state index in [-0.39, 0.29) is 51.5 Å². The first-order valence-electron chi connectivity index (χ1n) is 8.22. The van der Waals surface area contributed by atoms with Crippen molar-refractivity contribution in [3.8, 4) is 11.5 Å². The SMILES string of the molecule is COc1cc(C(=O)O)cc(NC(=O)C2CC23CCS(=O)(=O)CC3)c1OC. The topological polar surface area (TPSA) is 119 Å². The van der Waals surface area contributed by atoms with Gasteiger partial charge in [-0.25, -0.2) is 13.2 Å². The van der Waals surface area contributed by atoms with Crippen LogP contribution in [0.5, 0.6) is 11.5 Å². The molecule has 0 aromatic heterocycles. The molecule has 1 aromatic rings. The Bertz CT molecular complexity index is 848. The highest BCUT2D eigenvalue weighted by atomic mass is 32.2. The smallest absolute Gasteiger partial charge is 0.335 e. The van der Waals surface area contributed by atoms with Crippen LogP contribution in [0.3, 0.4) is 0 Å². The van der Waals surface area contributed by atoms with E-state index in [1.165, 1.54) is 26.4 Å². The zero-order chi connectivity index (χ0) is 19.1. The molecule has 1 atom stereocenters. The van der Waals surface area contributed by atoms with Crippen molar-refractivity contribution in [1.29, 1.82) is 0 Å². The van der Waals surface area contributed by atoms with Gasteiger partial charge in [0.15, 0.2) is 11.5 Å². The maximum Gasteiger partial charge on any atom is 0.335 e. The van der Waals surface area contributed by atoms with Gasteiger partial charge in [-0.05, 0) is 36.8 Å². The van der Waals surface area contributed by atoms with E-state index in [0.717, 1.165) is 0 Å². The van der Waals surface area contributed by atoms with Crippen LogP contribution in [0.1, 0.15) is 29.6 Å². The van der Waals surface area contributed by atoms with Gasteiger partial charge in [0.2, 0.25) is 5.91 Å². The minimum atomic E-state index is -2.99. The third-order valence-electron chi connectivity index (χ3n) is 5.31. The predicted molar refractivity (Wildman–Crippen MR) is 93.6 cm³/mol. The molecule has 1 spiro atoms. The summed E-state index contributed by atoms with van der Waals surface area (Å²) < 4.78 is 33.6. The molecule has 1 aromatic carbocycles. The fraction of sp³-hybridized carbons (Fsp3) is 0.529. The van der Waals surface area contributed by atoms with Crippen molar-refractivity contribution in [3.05, 3.63) is 17.7 Å². The third-order valence-corrected chi connectivity index (χ3v) is 6.96. The molecule has 1 saturated heterocycles. The van der Waals surface area contributed by atoms with Gasteiger partial charge in [0.05, 0.1) is 37.0 Å². The van der Waals surface area contributed by atoms with Crippen LogP contribution in [-0.2, 0) is 14.6 Å². The Balaban J connectivity index is 1.80. The standard InChI is InChI=1S/C17H21NO7S/c1-24-13-8-10(16(20)21)7-12(14(13)25-2)18-15(19)11-9-17(11)3-5-26(22,23)6-4-17/h7-8,11H,3-6,9H2,1-2H3,(H,18,19)(H,20,21). The highest BCUT2D eigenvalue weighted by Crippen LogP contribution is 2.60. The number of aromatic carboxylic acids is 1. The van der Waals surface area contributed by atoms with Crippen LogP contribution in [0.2, 0.25) is 0 Å². The number of carboxylic acid groups (broad SMARTS) is 1. The van der Waals surface area contributed by atoms with E-state index in [2.05, 4.69) is 5.32 Å². The average Bonchev–Trinajstić information content (AvgIpc) is 3.31. The van der Waals surface area contributed by atoms with Crippen molar-refractivity contribution < 1.29 is 32.6 Å². The summed E-state index contributed by atoms with van der Waals surface area (Å²) in [6, 6.07) is 2.64. The quantitative estimate of drug-likeness (QED) is 0.792.